The largest absolute Gasteiger partial charge is 0.388 e. The van der Waals surface area contributed by atoms with Crippen molar-refractivity contribution in [2.75, 3.05) is 26.3 Å². The number of aliphatic hydroxyl groups is 1. The van der Waals surface area contributed by atoms with Crippen LogP contribution in [0, 0.1) is 5.41 Å². The summed E-state index contributed by atoms with van der Waals surface area (Å²) < 4.78 is 8.90. The molecule has 1 aliphatic carbocycles. The van der Waals surface area contributed by atoms with Crippen LogP contribution < -0.4 is 10.9 Å². The normalized spacial score (nSPS) is 24.5. The molecule has 10 heteroatoms. The molecule has 38 heavy (non-hydrogen) atoms. The van der Waals surface area contributed by atoms with E-state index in [0.717, 1.165) is 24.1 Å². The van der Waals surface area contributed by atoms with E-state index in [2.05, 4.69) is 17.2 Å². The minimum absolute atomic E-state index is 0.125. The summed E-state index contributed by atoms with van der Waals surface area (Å²) in [5, 5.41) is 15.6. The molecule has 3 aromatic rings. The summed E-state index contributed by atoms with van der Waals surface area (Å²) >= 11 is 6.60. The zero-order chi connectivity index (χ0) is 26.7. The standard InChI is InChI=1S/C28H34ClN5O4/c1-18-14-38-15-22(31-18)19-3-5-20(6-4-19)34-23(29)13-21-24(34)30-17-33(25(21)35)16-28(37)9-11-32(12-10-28)26(36)27(2)7-8-27/h3-6,13,17-18,22,31,37H,7-12,14-16H2,1-2H3. The molecule has 0 spiro atoms. The number of fused-ring (bicyclic) bond motifs is 1. The van der Waals surface area contributed by atoms with Gasteiger partial charge in [0, 0.05) is 30.2 Å². The number of carbonyl (C=O) groups excluding carboxylic acids is 1. The lowest BCUT2D eigenvalue weighted by Crippen LogP contribution is -2.51. The zero-order valence-electron chi connectivity index (χ0n) is 21.8. The van der Waals surface area contributed by atoms with Crippen LogP contribution >= 0.6 is 11.6 Å². The number of piperidine rings is 1. The second-order valence-electron chi connectivity index (χ2n) is 11.5. The lowest BCUT2D eigenvalue weighted by molar-refractivity contribution is -0.141. The summed E-state index contributed by atoms with van der Waals surface area (Å²) in [7, 11) is 0. The van der Waals surface area contributed by atoms with Gasteiger partial charge in [-0.1, -0.05) is 30.7 Å². The summed E-state index contributed by atoms with van der Waals surface area (Å²) in [6.07, 6.45) is 4.20. The summed E-state index contributed by atoms with van der Waals surface area (Å²) in [4.78, 5) is 32.5. The fraction of sp³-hybridized carbons (Fsp3) is 0.536. The molecule has 1 saturated carbocycles. The van der Waals surface area contributed by atoms with Crippen LogP contribution in [0.3, 0.4) is 0 Å². The molecule has 2 N–H and O–H groups in total. The van der Waals surface area contributed by atoms with Gasteiger partial charge in [0.1, 0.15) is 11.5 Å². The molecule has 2 unspecified atom stereocenters. The van der Waals surface area contributed by atoms with Crippen molar-refractivity contribution in [3.63, 3.8) is 0 Å². The number of nitrogens with one attached hydrogen (secondary N) is 1. The van der Waals surface area contributed by atoms with Gasteiger partial charge in [-0.25, -0.2) is 4.98 Å². The predicted molar refractivity (Wildman–Crippen MR) is 145 cm³/mol. The van der Waals surface area contributed by atoms with E-state index in [4.69, 9.17) is 16.3 Å². The number of amides is 1. The predicted octanol–water partition coefficient (Wildman–Crippen LogP) is 3.04. The average Bonchev–Trinajstić information content (AvgIpc) is 3.57. The van der Waals surface area contributed by atoms with E-state index in [-0.39, 0.29) is 29.5 Å². The minimum atomic E-state index is -1.07. The van der Waals surface area contributed by atoms with Gasteiger partial charge < -0.3 is 20.1 Å². The van der Waals surface area contributed by atoms with Crippen molar-refractivity contribution in [3.05, 3.63) is 57.7 Å². The van der Waals surface area contributed by atoms with E-state index in [1.807, 2.05) is 36.1 Å². The number of nitrogens with zero attached hydrogens (tertiary/aromatic N) is 4. The van der Waals surface area contributed by atoms with Gasteiger partial charge in [0.15, 0.2) is 5.65 Å². The van der Waals surface area contributed by atoms with Crippen molar-refractivity contribution in [3.8, 4) is 5.69 Å². The maximum absolute atomic E-state index is 13.4. The second kappa shape index (κ2) is 9.48. The Kier molecular flexibility index (Phi) is 6.38. The fourth-order valence-corrected chi connectivity index (χ4v) is 5.97. The van der Waals surface area contributed by atoms with Crippen molar-refractivity contribution in [1.29, 1.82) is 0 Å². The first-order chi connectivity index (χ1) is 18.2. The Morgan fingerprint density at radius 3 is 2.55 bits per heavy atom. The molecule has 1 amide bonds. The number of rotatable bonds is 5. The Bertz CT molecular complexity index is 1420. The topological polar surface area (TPSA) is 102 Å². The van der Waals surface area contributed by atoms with Crippen LogP contribution in [0.25, 0.3) is 16.7 Å². The Hall–Kier alpha value is -2.72. The fourth-order valence-electron chi connectivity index (χ4n) is 5.68. The maximum atomic E-state index is 13.4. The number of halogens is 1. The first-order valence-electron chi connectivity index (χ1n) is 13.4. The second-order valence-corrected chi connectivity index (χ2v) is 11.9. The number of hydrogen-bond acceptors (Lipinski definition) is 6. The highest BCUT2D eigenvalue weighted by Gasteiger charge is 2.48. The van der Waals surface area contributed by atoms with Gasteiger partial charge in [-0.15, -0.1) is 0 Å². The van der Waals surface area contributed by atoms with Crippen LogP contribution in [-0.2, 0) is 16.1 Å². The Labute approximate surface area is 226 Å². The number of carbonyl (C=O) groups is 1. The Balaban J connectivity index is 1.20. The minimum Gasteiger partial charge on any atom is -0.388 e. The summed E-state index contributed by atoms with van der Waals surface area (Å²) in [6, 6.07) is 10.1. The van der Waals surface area contributed by atoms with E-state index < -0.39 is 5.60 Å². The number of benzene rings is 1. The highest BCUT2D eigenvalue weighted by molar-refractivity contribution is 6.31. The van der Waals surface area contributed by atoms with Crippen LogP contribution in [0.4, 0.5) is 0 Å². The van der Waals surface area contributed by atoms with Gasteiger partial charge in [-0.05, 0) is 56.4 Å². The molecule has 2 saturated heterocycles. The van der Waals surface area contributed by atoms with Crippen molar-refractivity contribution < 1.29 is 14.6 Å². The van der Waals surface area contributed by atoms with E-state index in [1.54, 1.807) is 10.6 Å². The molecule has 202 valence electrons. The van der Waals surface area contributed by atoms with Gasteiger partial charge in [0.25, 0.3) is 5.56 Å². The molecular weight excluding hydrogens is 506 g/mol. The molecule has 9 nitrogen and oxygen atoms in total. The van der Waals surface area contributed by atoms with Crippen LogP contribution in [0.15, 0.2) is 41.5 Å². The van der Waals surface area contributed by atoms with Crippen molar-refractivity contribution in [2.24, 2.45) is 5.41 Å². The van der Waals surface area contributed by atoms with Crippen molar-refractivity contribution in [1.82, 2.24) is 24.3 Å². The molecule has 2 aromatic heterocycles. The lowest BCUT2D eigenvalue weighted by atomic mass is 9.90. The molecule has 3 aliphatic rings. The third-order valence-electron chi connectivity index (χ3n) is 8.39. The van der Waals surface area contributed by atoms with E-state index in [9.17, 15) is 14.7 Å². The SMILES string of the molecule is CC1COCC(c2ccc(-n3c(Cl)cc4c(=O)n(CC5(O)CCN(C(=O)C6(C)CC6)CC5)cnc43)cc2)N1. The highest BCUT2D eigenvalue weighted by Crippen LogP contribution is 2.47. The molecule has 3 fully saturated rings. The molecular formula is C28H34ClN5O4. The number of ether oxygens (including phenoxy) is 1. The van der Waals surface area contributed by atoms with Gasteiger partial charge in [-0.3, -0.25) is 18.7 Å². The summed E-state index contributed by atoms with van der Waals surface area (Å²) in [6.45, 7) is 6.55. The lowest BCUT2D eigenvalue weighted by Gasteiger charge is -2.39. The summed E-state index contributed by atoms with van der Waals surface area (Å²) in [5.74, 6) is 0.182. The molecule has 6 rings (SSSR count). The highest BCUT2D eigenvalue weighted by atomic mass is 35.5. The van der Waals surface area contributed by atoms with Gasteiger partial charge >= 0.3 is 0 Å². The van der Waals surface area contributed by atoms with Crippen molar-refractivity contribution >= 4 is 28.5 Å². The monoisotopic (exact) mass is 539 g/mol. The molecule has 1 aromatic carbocycles. The average molecular weight is 540 g/mol. The Morgan fingerprint density at radius 1 is 1.18 bits per heavy atom. The Morgan fingerprint density at radius 2 is 1.89 bits per heavy atom. The van der Waals surface area contributed by atoms with Crippen LogP contribution in [-0.4, -0.2) is 68.0 Å². The van der Waals surface area contributed by atoms with Gasteiger partial charge in [0.05, 0.1) is 36.8 Å². The molecule has 2 aliphatic heterocycles. The number of hydrogen-bond donors (Lipinski definition) is 2. The van der Waals surface area contributed by atoms with Crippen LogP contribution in [0.1, 0.15) is 51.1 Å². The van der Waals surface area contributed by atoms with Gasteiger partial charge in [-0.2, -0.15) is 0 Å². The molecule has 2 atom stereocenters. The smallest absolute Gasteiger partial charge is 0.262 e. The summed E-state index contributed by atoms with van der Waals surface area (Å²) in [5.41, 5.74) is 0.868. The van der Waals surface area contributed by atoms with Crippen molar-refractivity contribution in [2.45, 2.75) is 63.8 Å². The zero-order valence-corrected chi connectivity index (χ0v) is 22.6. The third-order valence-corrected chi connectivity index (χ3v) is 8.67. The third kappa shape index (κ3) is 4.66. The van der Waals surface area contributed by atoms with Crippen LogP contribution in [0.2, 0.25) is 5.15 Å². The first kappa shape index (κ1) is 25.6. The van der Waals surface area contributed by atoms with Crippen LogP contribution in [0.5, 0.6) is 0 Å². The number of likely N-dealkylation sites (tertiary alicyclic amines) is 1. The quantitative estimate of drug-likeness (QED) is 0.517. The van der Waals surface area contributed by atoms with E-state index in [1.165, 1.54) is 10.9 Å². The van der Waals surface area contributed by atoms with Gasteiger partial charge in [0.2, 0.25) is 5.91 Å². The number of morpholine rings is 1. The maximum Gasteiger partial charge on any atom is 0.262 e. The number of aromatic nitrogens is 3. The molecule has 0 bridgehead atoms. The van der Waals surface area contributed by atoms with E-state index in [0.29, 0.717) is 61.4 Å². The first-order valence-corrected chi connectivity index (χ1v) is 13.8. The molecule has 4 heterocycles. The van der Waals surface area contributed by atoms with E-state index >= 15 is 0 Å². The molecule has 0 radical (unpaired) electrons.